The van der Waals surface area contributed by atoms with Crippen molar-refractivity contribution in [1.29, 1.82) is 0 Å². The first kappa shape index (κ1) is 17.6. The van der Waals surface area contributed by atoms with Crippen LogP contribution in [0.15, 0.2) is 53.6 Å². The second-order valence-corrected chi connectivity index (χ2v) is 5.63. The maximum Gasteiger partial charge on any atom is 0.208 e. The van der Waals surface area contributed by atoms with E-state index in [1.807, 2.05) is 18.2 Å². The SMILES string of the molecule is COc1ccc2[nH]ncc(=O)c2c1.COc1ccc2nncc(Cl)c2c1. The number of fused-ring (bicyclic) bond motifs is 2. The van der Waals surface area contributed by atoms with E-state index in [1.54, 1.807) is 32.4 Å². The monoisotopic (exact) mass is 370 g/mol. The summed E-state index contributed by atoms with van der Waals surface area (Å²) >= 11 is 5.93. The molecule has 4 rings (SSSR count). The lowest BCUT2D eigenvalue weighted by atomic mass is 10.2. The Balaban J connectivity index is 0.000000151. The molecule has 1 N–H and O–H groups in total. The fraction of sp³-hybridized carbons (Fsp3) is 0.111. The van der Waals surface area contributed by atoms with Gasteiger partial charge < -0.3 is 9.47 Å². The number of benzene rings is 2. The average molecular weight is 371 g/mol. The molecular formula is C18H15ClN4O3. The van der Waals surface area contributed by atoms with Crippen LogP contribution in [0.1, 0.15) is 0 Å². The third kappa shape index (κ3) is 3.73. The Hall–Kier alpha value is -3.19. The fourth-order valence-corrected chi connectivity index (χ4v) is 2.51. The highest BCUT2D eigenvalue weighted by Crippen LogP contribution is 2.24. The Morgan fingerprint density at radius 3 is 2.38 bits per heavy atom. The lowest BCUT2D eigenvalue weighted by Gasteiger charge is -2.01. The number of hydrogen-bond donors (Lipinski definition) is 1. The van der Waals surface area contributed by atoms with Gasteiger partial charge in [-0.2, -0.15) is 15.3 Å². The number of aromatic nitrogens is 4. The predicted octanol–water partition coefficient (Wildman–Crippen LogP) is 3.22. The van der Waals surface area contributed by atoms with Crippen molar-refractivity contribution in [3.8, 4) is 11.5 Å². The van der Waals surface area contributed by atoms with E-state index in [0.717, 1.165) is 16.7 Å². The van der Waals surface area contributed by atoms with Crippen LogP contribution in [0.4, 0.5) is 0 Å². The lowest BCUT2D eigenvalue weighted by Crippen LogP contribution is -2.02. The number of methoxy groups -OCH3 is 2. The molecule has 0 saturated carbocycles. The minimum atomic E-state index is -0.104. The molecule has 0 fully saturated rings. The summed E-state index contributed by atoms with van der Waals surface area (Å²) in [6, 6.07) is 10.7. The maximum atomic E-state index is 11.3. The molecular weight excluding hydrogens is 356 g/mol. The highest BCUT2D eigenvalue weighted by Gasteiger charge is 2.01. The number of nitrogens with one attached hydrogen (secondary N) is 1. The van der Waals surface area contributed by atoms with Crippen LogP contribution in [0, 0.1) is 0 Å². The minimum Gasteiger partial charge on any atom is -0.497 e. The normalized spacial score (nSPS) is 10.3. The summed E-state index contributed by atoms with van der Waals surface area (Å²) in [6.45, 7) is 0. The van der Waals surface area contributed by atoms with Gasteiger partial charge in [0, 0.05) is 5.39 Å². The summed E-state index contributed by atoms with van der Waals surface area (Å²) in [5.74, 6) is 1.44. The number of rotatable bonds is 2. The molecule has 4 aromatic rings. The van der Waals surface area contributed by atoms with Gasteiger partial charge in [-0.1, -0.05) is 11.6 Å². The van der Waals surface area contributed by atoms with Gasteiger partial charge in [-0.05, 0) is 36.4 Å². The molecule has 0 unspecified atom stereocenters. The van der Waals surface area contributed by atoms with E-state index >= 15 is 0 Å². The van der Waals surface area contributed by atoms with Crippen molar-refractivity contribution in [1.82, 2.24) is 20.4 Å². The molecule has 2 aromatic carbocycles. The molecule has 0 spiro atoms. The van der Waals surface area contributed by atoms with Crippen LogP contribution in [0.3, 0.4) is 0 Å². The number of halogens is 1. The minimum absolute atomic E-state index is 0.104. The molecule has 0 aliphatic carbocycles. The standard InChI is InChI=1S/C9H7ClN2O.C9H8N2O2/c1-13-6-2-3-9-7(4-6)8(10)5-11-12-9;1-13-6-2-3-8-7(4-6)9(12)5-10-11-8/h2-5H,1H3;2-5H,1H3,(H,11,12). The van der Waals surface area contributed by atoms with Gasteiger partial charge in [0.15, 0.2) is 0 Å². The van der Waals surface area contributed by atoms with Crippen LogP contribution in [0.2, 0.25) is 5.02 Å². The van der Waals surface area contributed by atoms with E-state index in [-0.39, 0.29) is 5.43 Å². The van der Waals surface area contributed by atoms with Crippen LogP contribution < -0.4 is 14.9 Å². The Labute approximate surface area is 153 Å². The van der Waals surface area contributed by atoms with E-state index < -0.39 is 0 Å². The fourth-order valence-electron chi connectivity index (χ4n) is 2.31. The smallest absolute Gasteiger partial charge is 0.208 e. The van der Waals surface area contributed by atoms with Crippen LogP contribution in [-0.4, -0.2) is 34.6 Å². The van der Waals surface area contributed by atoms with Gasteiger partial charge in [-0.15, -0.1) is 0 Å². The number of aromatic amines is 1. The highest BCUT2D eigenvalue weighted by atomic mass is 35.5. The largest absolute Gasteiger partial charge is 0.497 e. The predicted molar refractivity (Wildman–Crippen MR) is 100 cm³/mol. The molecule has 0 saturated heterocycles. The second kappa shape index (κ2) is 7.79. The third-order valence-electron chi connectivity index (χ3n) is 3.66. The molecule has 0 radical (unpaired) electrons. The quantitative estimate of drug-likeness (QED) is 0.582. The van der Waals surface area contributed by atoms with Crippen LogP contribution in [0.5, 0.6) is 11.5 Å². The Kier molecular flexibility index (Phi) is 5.28. The molecule has 0 aliphatic heterocycles. The summed E-state index contributed by atoms with van der Waals surface area (Å²) in [6.07, 6.45) is 2.77. The summed E-state index contributed by atoms with van der Waals surface area (Å²) in [7, 11) is 3.18. The van der Waals surface area contributed by atoms with Gasteiger partial charge in [0.1, 0.15) is 11.5 Å². The Morgan fingerprint density at radius 2 is 1.65 bits per heavy atom. The van der Waals surface area contributed by atoms with Crippen molar-refractivity contribution in [2.45, 2.75) is 0 Å². The third-order valence-corrected chi connectivity index (χ3v) is 3.96. The molecule has 0 aliphatic rings. The van der Waals surface area contributed by atoms with Crippen LogP contribution >= 0.6 is 11.6 Å². The lowest BCUT2D eigenvalue weighted by molar-refractivity contribution is 0.415. The van der Waals surface area contributed by atoms with Gasteiger partial charge in [0.25, 0.3) is 0 Å². The molecule has 0 atom stereocenters. The number of nitrogens with zero attached hydrogens (tertiary/aromatic N) is 3. The number of H-pyrrole nitrogens is 1. The van der Waals surface area contributed by atoms with Crippen molar-refractivity contribution >= 4 is 33.4 Å². The van der Waals surface area contributed by atoms with Gasteiger partial charge >= 0.3 is 0 Å². The second-order valence-electron chi connectivity index (χ2n) is 5.22. The molecule has 132 valence electrons. The van der Waals surface area contributed by atoms with Crippen molar-refractivity contribution in [3.05, 3.63) is 64.0 Å². The zero-order valence-electron chi connectivity index (χ0n) is 14.1. The first-order chi connectivity index (χ1) is 12.6. The summed E-state index contributed by atoms with van der Waals surface area (Å²) in [5.41, 5.74) is 1.38. The van der Waals surface area contributed by atoms with Crippen molar-refractivity contribution in [3.63, 3.8) is 0 Å². The first-order valence-corrected chi connectivity index (χ1v) is 7.96. The molecule has 8 heteroatoms. The summed E-state index contributed by atoms with van der Waals surface area (Å²) < 4.78 is 10.1. The first-order valence-electron chi connectivity index (χ1n) is 7.58. The van der Waals surface area contributed by atoms with Crippen molar-refractivity contribution < 1.29 is 9.47 Å². The summed E-state index contributed by atoms with van der Waals surface area (Å²) in [5, 5.41) is 16.1. The Morgan fingerprint density at radius 1 is 0.962 bits per heavy atom. The molecule has 0 amide bonds. The van der Waals surface area contributed by atoms with Gasteiger partial charge in [-0.3, -0.25) is 9.89 Å². The molecule has 2 heterocycles. The summed E-state index contributed by atoms with van der Waals surface area (Å²) in [4.78, 5) is 11.3. The van der Waals surface area contributed by atoms with Crippen molar-refractivity contribution in [2.75, 3.05) is 14.2 Å². The highest BCUT2D eigenvalue weighted by molar-refractivity contribution is 6.35. The van der Waals surface area contributed by atoms with E-state index in [1.165, 1.54) is 12.4 Å². The van der Waals surface area contributed by atoms with E-state index in [0.29, 0.717) is 21.7 Å². The zero-order chi connectivity index (χ0) is 18.5. The topological polar surface area (TPSA) is 90.0 Å². The van der Waals surface area contributed by atoms with Crippen molar-refractivity contribution in [2.24, 2.45) is 0 Å². The average Bonchev–Trinajstić information content (AvgIpc) is 2.69. The van der Waals surface area contributed by atoms with Gasteiger partial charge in [0.05, 0.1) is 48.1 Å². The van der Waals surface area contributed by atoms with Crippen LogP contribution in [-0.2, 0) is 0 Å². The molecule has 26 heavy (non-hydrogen) atoms. The van der Waals surface area contributed by atoms with Gasteiger partial charge in [0.2, 0.25) is 5.43 Å². The maximum absolute atomic E-state index is 11.3. The molecule has 7 nitrogen and oxygen atoms in total. The zero-order valence-corrected chi connectivity index (χ0v) is 14.8. The molecule has 0 bridgehead atoms. The van der Waals surface area contributed by atoms with Gasteiger partial charge in [-0.25, -0.2) is 0 Å². The Bertz CT molecular complexity index is 1110. The van der Waals surface area contributed by atoms with Crippen LogP contribution in [0.25, 0.3) is 21.8 Å². The number of hydrogen-bond acceptors (Lipinski definition) is 6. The number of ether oxygens (including phenoxy) is 2. The van der Waals surface area contributed by atoms with E-state index in [4.69, 9.17) is 21.1 Å². The van der Waals surface area contributed by atoms with E-state index in [9.17, 15) is 4.79 Å². The van der Waals surface area contributed by atoms with E-state index in [2.05, 4.69) is 20.4 Å². The molecule has 2 aromatic heterocycles.